The molecule has 2 aromatic carbocycles. The number of fused-ring (bicyclic) bond motifs is 1. The number of amides is 1. The normalized spacial score (nSPS) is 13.4. The Kier molecular flexibility index (Phi) is 7.59. The number of nitrogens with one attached hydrogen (secondary N) is 1. The van der Waals surface area contributed by atoms with E-state index in [0.29, 0.717) is 28.0 Å². The Morgan fingerprint density at radius 1 is 1.08 bits per heavy atom. The second-order valence-corrected chi connectivity index (χ2v) is 13.2. The summed E-state index contributed by atoms with van der Waals surface area (Å²) < 4.78 is 24.5. The average Bonchev–Trinajstić information content (AvgIpc) is 3.22. The summed E-state index contributed by atoms with van der Waals surface area (Å²) in [6, 6.07) is 14.5. The minimum absolute atomic E-state index is 0.0563. The zero-order valence-corrected chi connectivity index (χ0v) is 21.6. The summed E-state index contributed by atoms with van der Waals surface area (Å²) in [5.41, 5.74) is 10.1. The maximum atomic E-state index is 12.7. The van der Waals surface area contributed by atoms with Crippen LogP contribution in [-0.4, -0.2) is 58.9 Å². The maximum absolute atomic E-state index is 12.7. The Bertz CT molecular complexity index is 1550. The maximum Gasteiger partial charge on any atom is 0.335 e. The molecule has 0 aliphatic heterocycles. The lowest BCUT2D eigenvalue weighted by atomic mass is 10.1. The number of aryl methyl sites for hydroxylation is 1. The zero-order valence-electron chi connectivity index (χ0n) is 19.9. The molecule has 4 aromatic rings. The molecule has 0 saturated carbocycles. The molecule has 4 rings (SSSR count). The highest BCUT2D eigenvalue weighted by Crippen LogP contribution is 2.54. The van der Waals surface area contributed by atoms with E-state index in [-0.39, 0.29) is 24.9 Å². The average molecular weight is 544 g/mol. The molecule has 2 heterocycles. The van der Waals surface area contributed by atoms with Gasteiger partial charge in [-0.1, -0.05) is 35.9 Å². The van der Waals surface area contributed by atoms with E-state index in [0.717, 1.165) is 11.1 Å². The SMILES string of the molecule is Cc1ccc(-c2nn(-c3cccc(C(=O)NCCCP(=O)(O)CP(=O)(O)O)c3)c3ncnc(N)c23)cc1. The van der Waals surface area contributed by atoms with Gasteiger partial charge in [-0.3, -0.25) is 13.9 Å². The van der Waals surface area contributed by atoms with Gasteiger partial charge in [0.1, 0.15) is 23.7 Å². The van der Waals surface area contributed by atoms with Crippen LogP contribution >= 0.6 is 15.0 Å². The Labute approximate surface area is 212 Å². The number of nitrogen functional groups attached to an aromatic ring is 1. The monoisotopic (exact) mass is 544 g/mol. The van der Waals surface area contributed by atoms with Crippen LogP contribution in [0, 0.1) is 6.92 Å². The van der Waals surface area contributed by atoms with Crippen molar-refractivity contribution in [2.75, 3.05) is 24.3 Å². The van der Waals surface area contributed by atoms with Crippen LogP contribution in [0.3, 0.4) is 0 Å². The van der Waals surface area contributed by atoms with E-state index in [1.54, 1.807) is 28.9 Å². The van der Waals surface area contributed by atoms with Gasteiger partial charge in [-0.25, -0.2) is 14.6 Å². The molecule has 1 unspecified atom stereocenters. The van der Waals surface area contributed by atoms with Gasteiger partial charge in [-0.2, -0.15) is 5.10 Å². The molecule has 1 amide bonds. The first-order valence-corrected chi connectivity index (χ1v) is 15.1. The number of carbonyl (C=O) groups excluding carboxylic acids is 1. The summed E-state index contributed by atoms with van der Waals surface area (Å²) in [6.07, 6.45) is 1.11. The predicted octanol–water partition coefficient (Wildman–Crippen LogP) is 2.90. The number of rotatable bonds is 9. The van der Waals surface area contributed by atoms with Gasteiger partial charge < -0.3 is 25.7 Å². The molecule has 0 spiro atoms. The molecular weight excluding hydrogens is 518 g/mol. The molecule has 0 bridgehead atoms. The van der Waals surface area contributed by atoms with Crippen molar-refractivity contribution in [2.45, 2.75) is 13.3 Å². The van der Waals surface area contributed by atoms with Crippen LogP contribution in [0.25, 0.3) is 28.0 Å². The number of nitrogens with zero attached hydrogens (tertiary/aromatic N) is 4. The van der Waals surface area contributed by atoms with Crippen LogP contribution in [0.4, 0.5) is 5.82 Å². The summed E-state index contributed by atoms with van der Waals surface area (Å²) >= 11 is 0. The summed E-state index contributed by atoms with van der Waals surface area (Å²) in [5, 5.41) is 7.98. The van der Waals surface area contributed by atoms with E-state index in [4.69, 9.17) is 20.6 Å². The van der Waals surface area contributed by atoms with Crippen molar-refractivity contribution in [3.63, 3.8) is 0 Å². The molecular formula is C23H26N6O6P2. The lowest BCUT2D eigenvalue weighted by Crippen LogP contribution is -2.25. The first kappa shape index (κ1) is 26.7. The van der Waals surface area contributed by atoms with E-state index < -0.39 is 26.8 Å². The second-order valence-electron chi connectivity index (χ2n) is 8.62. The molecule has 37 heavy (non-hydrogen) atoms. The molecule has 2 aromatic heterocycles. The van der Waals surface area contributed by atoms with Gasteiger partial charge in [0.05, 0.1) is 11.1 Å². The smallest absolute Gasteiger partial charge is 0.335 e. The van der Waals surface area contributed by atoms with Crippen molar-refractivity contribution in [3.8, 4) is 16.9 Å². The van der Waals surface area contributed by atoms with Crippen molar-refractivity contribution in [1.29, 1.82) is 0 Å². The van der Waals surface area contributed by atoms with E-state index in [9.17, 15) is 18.8 Å². The number of nitrogens with two attached hydrogens (primary N) is 1. The number of anilines is 1. The molecule has 0 radical (unpaired) electrons. The van der Waals surface area contributed by atoms with Crippen LogP contribution in [0.1, 0.15) is 22.3 Å². The molecule has 0 saturated heterocycles. The topological polar surface area (TPSA) is 194 Å². The fourth-order valence-corrected chi connectivity index (χ4v) is 7.36. The van der Waals surface area contributed by atoms with E-state index in [1.807, 2.05) is 31.2 Å². The highest BCUT2D eigenvalue weighted by molar-refractivity contribution is 7.72. The Morgan fingerprint density at radius 3 is 2.51 bits per heavy atom. The summed E-state index contributed by atoms with van der Waals surface area (Å²) in [6.45, 7) is 2.04. The largest absolute Gasteiger partial charge is 0.383 e. The van der Waals surface area contributed by atoms with Crippen LogP contribution in [0.2, 0.25) is 0 Å². The fraction of sp³-hybridized carbons (Fsp3) is 0.217. The fourth-order valence-electron chi connectivity index (χ4n) is 3.84. The zero-order chi connectivity index (χ0) is 26.8. The second kappa shape index (κ2) is 10.5. The van der Waals surface area contributed by atoms with E-state index in [1.165, 1.54) is 6.33 Å². The van der Waals surface area contributed by atoms with Gasteiger partial charge in [0.25, 0.3) is 5.91 Å². The first-order valence-electron chi connectivity index (χ1n) is 11.2. The van der Waals surface area contributed by atoms with Gasteiger partial charge >= 0.3 is 7.60 Å². The minimum atomic E-state index is -4.60. The van der Waals surface area contributed by atoms with Crippen LogP contribution < -0.4 is 11.1 Å². The highest BCUT2D eigenvalue weighted by Gasteiger charge is 2.29. The number of carbonyl (C=O) groups is 1. The molecule has 14 heteroatoms. The lowest BCUT2D eigenvalue weighted by Gasteiger charge is -2.12. The third-order valence-corrected chi connectivity index (χ3v) is 9.80. The van der Waals surface area contributed by atoms with Crippen molar-refractivity contribution in [2.24, 2.45) is 0 Å². The van der Waals surface area contributed by atoms with Gasteiger partial charge in [0.15, 0.2) is 5.65 Å². The summed E-state index contributed by atoms with van der Waals surface area (Å²) in [7, 11) is -8.60. The van der Waals surface area contributed by atoms with Crippen LogP contribution in [-0.2, 0) is 9.13 Å². The predicted molar refractivity (Wildman–Crippen MR) is 140 cm³/mol. The van der Waals surface area contributed by atoms with E-state index >= 15 is 0 Å². The third kappa shape index (κ3) is 6.49. The van der Waals surface area contributed by atoms with Gasteiger partial charge in [0, 0.05) is 23.8 Å². The van der Waals surface area contributed by atoms with Gasteiger partial charge in [0.2, 0.25) is 7.37 Å². The quantitative estimate of drug-likeness (QED) is 0.154. The summed E-state index contributed by atoms with van der Waals surface area (Å²) in [5.74, 6) is -1.22. The molecule has 0 aliphatic carbocycles. The standard InChI is InChI=1S/C23H26N6O6P2/c1-15-6-8-16(9-7-15)20-19-21(24)26-13-27-22(19)29(28-20)18-5-2-4-17(12-18)23(30)25-10-3-11-36(31,32)14-37(33,34)35/h2,4-9,12-13H,3,10-11,14H2,1H3,(H,25,30)(H,31,32)(H2,24,26,27)(H2,33,34,35). The molecule has 12 nitrogen and oxygen atoms in total. The van der Waals surface area contributed by atoms with Gasteiger partial charge in [-0.05, 0) is 31.5 Å². The Morgan fingerprint density at radius 2 is 1.81 bits per heavy atom. The third-order valence-electron chi connectivity index (χ3n) is 5.55. The molecule has 0 aliphatic rings. The van der Waals surface area contributed by atoms with Crippen molar-refractivity contribution in [3.05, 3.63) is 66.0 Å². The Balaban J connectivity index is 1.55. The van der Waals surface area contributed by atoms with E-state index in [2.05, 4.69) is 15.3 Å². The lowest BCUT2D eigenvalue weighted by molar-refractivity contribution is 0.0953. The number of benzene rings is 2. The van der Waals surface area contributed by atoms with Crippen molar-refractivity contribution >= 4 is 37.7 Å². The van der Waals surface area contributed by atoms with Crippen LogP contribution in [0.5, 0.6) is 0 Å². The molecule has 194 valence electrons. The highest BCUT2D eigenvalue weighted by atomic mass is 31.2. The number of hydrogen-bond acceptors (Lipinski definition) is 7. The number of aromatic nitrogens is 4. The molecule has 6 N–H and O–H groups in total. The molecule has 1 atom stereocenters. The van der Waals surface area contributed by atoms with Gasteiger partial charge in [-0.15, -0.1) is 0 Å². The minimum Gasteiger partial charge on any atom is -0.383 e. The molecule has 0 fully saturated rings. The first-order chi connectivity index (χ1) is 17.4. The van der Waals surface area contributed by atoms with Crippen molar-refractivity contribution < 1.29 is 28.6 Å². The number of hydrogen-bond donors (Lipinski definition) is 5. The summed E-state index contributed by atoms with van der Waals surface area (Å²) in [4.78, 5) is 48.7. The van der Waals surface area contributed by atoms with Crippen LogP contribution in [0.15, 0.2) is 54.9 Å². The Hall–Kier alpha value is -3.40. The van der Waals surface area contributed by atoms with Crippen molar-refractivity contribution in [1.82, 2.24) is 25.1 Å².